The van der Waals surface area contributed by atoms with Crippen molar-refractivity contribution in [2.75, 3.05) is 7.11 Å². The summed E-state index contributed by atoms with van der Waals surface area (Å²) in [4.78, 5) is 0. The molecule has 0 aromatic heterocycles. The summed E-state index contributed by atoms with van der Waals surface area (Å²) in [5, 5.41) is 18.0. The van der Waals surface area contributed by atoms with E-state index in [-0.39, 0.29) is 0 Å². The Morgan fingerprint density at radius 3 is 2.69 bits per heavy atom. The maximum Gasteiger partial charge on any atom is 0.136 e. The van der Waals surface area contributed by atoms with Crippen molar-refractivity contribution >= 4 is 0 Å². The van der Waals surface area contributed by atoms with Gasteiger partial charge in [0.15, 0.2) is 0 Å². The van der Waals surface area contributed by atoms with E-state index < -0.39 is 6.10 Å². The average Bonchev–Trinajstić information content (AvgIpc) is 2.16. The molecule has 1 aromatic rings. The van der Waals surface area contributed by atoms with Crippen LogP contribution in [0.25, 0.3) is 0 Å². The third-order valence-corrected chi connectivity index (χ3v) is 1.83. The van der Waals surface area contributed by atoms with Crippen molar-refractivity contribution in [2.45, 2.75) is 13.0 Å². The van der Waals surface area contributed by atoms with Crippen LogP contribution in [0.1, 0.15) is 24.2 Å². The van der Waals surface area contributed by atoms with Gasteiger partial charge in [-0.05, 0) is 24.6 Å². The van der Waals surface area contributed by atoms with Crippen LogP contribution in [0.3, 0.4) is 0 Å². The summed E-state index contributed by atoms with van der Waals surface area (Å²) in [6.45, 7) is 1.67. The van der Waals surface area contributed by atoms with Crippen LogP contribution in [0.2, 0.25) is 0 Å². The molecule has 3 nitrogen and oxygen atoms in total. The van der Waals surface area contributed by atoms with Crippen molar-refractivity contribution in [2.24, 2.45) is 0 Å². The Labute approximate surface area is 77.2 Å². The van der Waals surface area contributed by atoms with Gasteiger partial charge in [0.2, 0.25) is 0 Å². The van der Waals surface area contributed by atoms with E-state index >= 15 is 0 Å². The van der Waals surface area contributed by atoms with Gasteiger partial charge < -0.3 is 9.84 Å². The van der Waals surface area contributed by atoms with Crippen LogP contribution in [-0.4, -0.2) is 12.2 Å². The van der Waals surface area contributed by atoms with Crippen LogP contribution >= 0.6 is 0 Å². The zero-order valence-corrected chi connectivity index (χ0v) is 7.61. The van der Waals surface area contributed by atoms with Gasteiger partial charge >= 0.3 is 0 Å². The number of hydrogen-bond acceptors (Lipinski definition) is 3. The van der Waals surface area contributed by atoms with Crippen LogP contribution < -0.4 is 4.74 Å². The Bertz CT molecular complexity index is 339. The Hall–Kier alpha value is -1.53. The second-order valence-electron chi connectivity index (χ2n) is 2.75. The second-order valence-corrected chi connectivity index (χ2v) is 2.75. The maximum absolute atomic E-state index is 9.27. The molecule has 0 fully saturated rings. The largest absolute Gasteiger partial charge is 0.495 e. The van der Waals surface area contributed by atoms with E-state index in [1.54, 1.807) is 25.1 Å². The van der Waals surface area contributed by atoms with Crippen molar-refractivity contribution in [1.29, 1.82) is 5.26 Å². The van der Waals surface area contributed by atoms with Crippen LogP contribution in [-0.2, 0) is 0 Å². The molecule has 0 heterocycles. The van der Waals surface area contributed by atoms with Crippen molar-refractivity contribution < 1.29 is 9.84 Å². The lowest BCUT2D eigenvalue weighted by atomic mass is 10.1. The van der Waals surface area contributed by atoms with Gasteiger partial charge in [-0.1, -0.05) is 6.07 Å². The molecule has 0 saturated carbocycles. The van der Waals surface area contributed by atoms with Crippen molar-refractivity contribution in [3.8, 4) is 11.8 Å². The second kappa shape index (κ2) is 3.92. The molecule has 0 aliphatic carbocycles. The highest BCUT2D eigenvalue weighted by molar-refractivity contribution is 5.45. The van der Waals surface area contributed by atoms with Crippen LogP contribution in [0, 0.1) is 11.3 Å². The highest BCUT2D eigenvalue weighted by Crippen LogP contribution is 2.22. The smallest absolute Gasteiger partial charge is 0.136 e. The normalized spacial score (nSPS) is 11.8. The van der Waals surface area contributed by atoms with E-state index in [2.05, 4.69) is 0 Å². The molecule has 1 aromatic carbocycles. The lowest BCUT2D eigenvalue weighted by Crippen LogP contribution is -1.94. The predicted molar refractivity (Wildman–Crippen MR) is 48.3 cm³/mol. The number of aliphatic hydroxyl groups excluding tert-OH is 1. The quantitative estimate of drug-likeness (QED) is 0.746. The van der Waals surface area contributed by atoms with Crippen molar-refractivity contribution in [3.63, 3.8) is 0 Å². The fraction of sp³-hybridized carbons (Fsp3) is 0.300. The number of nitrogens with zero attached hydrogens (tertiary/aromatic N) is 1. The Morgan fingerprint density at radius 2 is 2.23 bits per heavy atom. The molecule has 1 atom stereocenters. The maximum atomic E-state index is 9.27. The molecule has 0 bridgehead atoms. The van der Waals surface area contributed by atoms with Gasteiger partial charge in [-0.3, -0.25) is 0 Å². The third kappa shape index (κ3) is 1.98. The molecule has 1 unspecified atom stereocenters. The topological polar surface area (TPSA) is 53.2 Å². The third-order valence-electron chi connectivity index (χ3n) is 1.83. The standard InChI is InChI=1S/C10H11NO2/c1-7(12)8-3-4-9(6-11)10(5-8)13-2/h3-5,7,12H,1-2H3. The fourth-order valence-electron chi connectivity index (χ4n) is 1.06. The van der Waals surface area contributed by atoms with E-state index in [1.165, 1.54) is 7.11 Å². The van der Waals surface area contributed by atoms with Gasteiger partial charge in [-0.15, -0.1) is 0 Å². The molecule has 1 N–H and O–H groups in total. The number of methoxy groups -OCH3 is 1. The molecule has 13 heavy (non-hydrogen) atoms. The summed E-state index contributed by atoms with van der Waals surface area (Å²) in [6, 6.07) is 7.03. The minimum atomic E-state index is -0.540. The number of benzene rings is 1. The summed E-state index contributed by atoms with van der Waals surface area (Å²) >= 11 is 0. The zero-order valence-electron chi connectivity index (χ0n) is 7.61. The van der Waals surface area contributed by atoms with E-state index in [0.29, 0.717) is 11.3 Å². The molecule has 0 amide bonds. The molecule has 0 aliphatic rings. The number of hydrogen-bond donors (Lipinski definition) is 1. The molecule has 3 heteroatoms. The fourth-order valence-corrected chi connectivity index (χ4v) is 1.06. The minimum Gasteiger partial charge on any atom is -0.495 e. The minimum absolute atomic E-state index is 0.479. The summed E-state index contributed by atoms with van der Waals surface area (Å²) in [5.74, 6) is 0.501. The molecular weight excluding hydrogens is 166 g/mol. The van der Waals surface area contributed by atoms with Gasteiger partial charge in [-0.2, -0.15) is 5.26 Å². The van der Waals surface area contributed by atoms with E-state index in [9.17, 15) is 5.11 Å². The van der Waals surface area contributed by atoms with E-state index in [0.717, 1.165) is 5.56 Å². The SMILES string of the molecule is COc1cc(C(C)O)ccc1C#N. The first kappa shape index (κ1) is 9.56. The van der Waals surface area contributed by atoms with Crippen molar-refractivity contribution in [1.82, 2.24) is 0 Å². The molecule has 0 radical (unpaired) electrons. The zero-order chi connectivity index (χ0) is 9.84. The number of ether oxygens (including phenoxy) is 1. The molecule has 1 rings (SSSR count). The van der Waals surface area contributed by atoms with Gasteiger partial charge in [0, 0.05) is 0 Å². The van der Waals surface area contributed by atoms with Gasteiger partial charge in [0.1, 0.15) is 11.8 Å². The highest BCUT2D eigenvalue weighted by Gasteiger charge is 2.06. The lowest BCUT2D eigenvalue weighted by molar-refractivity contribution is 0.199. The van der Waals surface area contributed by atoms with Crippen LogP contribution in [0.4, 0.5) is 0 Å². The molecule has 0 saturated heterocycles. The van der Waals surface area contributed by atoms with Crippen molar-refractivity contribution in [3.05, 3.63) is 29.3 Å². The molecular formula is C10H11NO2. The molecule has 0 spiro atoms. The van der Waals surface area contributed by atoms with Crippen LogP contribution in [0.5, 0.6) is 5.75 Å². The predicted octanol–water partition coefficient (Wildman–Crippen LogP) is 1.62. The summed E-state index contributed by atoms with van der Waals surface area (Å²) in [5.41, 5.74) is 1.22. The first-order valence-electron chi connectivity index (χ1n) is 3.95. The number of nitriles is 1. The van der Waals surface area contributed by atoms with E-state index in [1.807, 2.05) is 6.07 Å². The number of rotatable bonds is 2. The summed E-state index contributed by atoms with van der Waals surface area (Å²) < 4.78 is 4.99. The Morgan fingerprint density at radius 1 is 1.54 bits per heavy atom. The highest BCUT2D eigenvalue weighted by atomic mass is 16.5. The summed E-state index contributed by atoms with van der Waals surface area (Å²) in [6.07, 6.45) is -0.540. The Kier molecular flexibility index (Phi) is 2.88. The lowest BCUT2D eigenvalue weighted by Gasteiger charge is -2.07. The van der Waals surface area contributed by atoms with Gasteiger partial charge in [0.05, 0.1) is 18.8 Å². The van der Waals surface area contributed by atoms with E-state index in [4.69, 9.17) is 10.00 Å². The Balaban J connectivity index is 3.15. The first-order chi connectivity index (χ1) is 6.19. The monoisotopic (exact) mass is 177 g/mol. The molecule has 68 valence electrons. The number of aliphatic hydroxyl groups is 1. The average molecular weight is 177 g/mol. The van der Waals surface area contributed by atoms with Gasteiger partial charge in [0.25, 0.3) is 0 Å². The molecule has 0 aliphatic heterocycles. The van der Waals surface area contributed by atoms with Crippen LogP contribution in [0.15, 0.2) is 18.2 Å². The first-order valence-corrected chi connectivity index (χ1v) is 3.95. The van der Waals surface area contributed by atoms with Gasteiger partial charge in [-0.25, -0.2) is 0 Å². The summed E-state index contributed by atoms with van der Waals surface area (Å²) in [7, 11) is 1.50.